The van der Waals surface area contributed by atoms with Crippen LogP contribution in [0.25, 0.3) is 0 Å². The van der Waals surface area contributed by atoms with Gasteiger partial charge in [0, 0.05) is 19.1 Å². The van der Waals surface area contributed by atoms with Crippen molar-refractivity contribution in [2.24, 2.45) is 0 Å². The third-order valence-electron chi connectivity index (χ3n) is 3.90. The first-order valence-electron chi connectivity index (χ1n) is 8.06. The molecule has 2 rings (SSSR count). The highest BCUT2D eigenvalue weighted by molar-refractivity contribution is 5.93. The Labute approximate surface area is 133 Å². The van der Waals surface area contributed by atoms with Gasteiger partial charge in [-0.3, -0.25) is 0 Å². The van der Waals surface area contributed by atoms with Crippen LogP contribution in [-0.4, -0.2) is 37.4 Å². The lowest BCUT2D eigenvalue weighted by molar-refractivity contribution is -0.00517. The number of nitrogens with zero attached hydrogens (tertiary/aromatic N) is 1. The molecule has 1 aromatic carbocycles. The van der Waals surface area contributed by atoms with E-state index in [0.717, 1.165) is 30.9 Å². The smallest absolute Gasteiger partial charge is 0.319 e. The normalized spacial score (nSPS) is 23.0. The van der Waals surface area contributed by atoms with Gasteiger partial charge in [0.15, 0.2) is 0 Å². The Hall–Kier alpha value is -1.75. The molecule has 1 aliphatic heterocycles. The number of anilines is 2. The molecule has 22 heavy (non-hydrogen) atoms. The Balaban J connectivity index is 2.11. The standard InChI is InChI=1S/C17H27N3O2/c1-5-12(2)18-17(21)19-15-8-6-7-9-16(15)20-10-13(3)22-14(4)11-20/h6-9,12-14H,5,10-11H2,1-4H3,(H2,18,19,21)/t12-,13-,14-/m0/s1. The summed E-state index contributed by atoms with van der Waals surface area (Å²) in [4.78, 5) is 14.4. The summed E-state index contributed by atoms with van der Waals surface area (Å²) < 4.78 is 5.78. The number of urea groups is 1. The molecule has 0 saturated carbocycles. The second-order valence-corrected chi connectivity index (χ2v) is 6.09. The summed E-state index contributed by atoms with van der Waals surface area (Å²) in [5.74, 6) is 0. The number of nitrogens with one attached hydrogen (secondary N) is 2. The van der Waals surface area contributed by atoms with Crippen molar-refractivity contribution in [3.05, 3.63) is 24.3 Å². The minimum absolute atomic E-state index is 0.156. The van der Waals surface area contributed by atoms with E-state index in [1.807, 2.05) is 31.2 Å². The van der Waals surface area contributed by atoms with Crippen LogP contribution < -0.4 is 15.5 Å². The molecule has 5 heteroatoms. The number of carbonyl (C=O) groups excluding carboxylic acids is 1. The molecular formula is C17H27N3O2. The second-order valence-electron chi connectivity index (χ2n) is 6.09. The number of hydrogen-bond donors (Lipinski definition) is 2. The second kappa shape index (κ2) is 7.49. The van der Waals surface area contributed by atoms with E-state index < -0.39 is 0 Å². The third-order valence-corrected chi connectivity index (χ3v) is 3.90. The van der Waals surface area contributed by atoms with Gasteiger partial charge < -0.3 is 20.3 Å². The van der Waals surface area contributed by atoms with Crippen molar-refractivity contribution in [3.63, 3.8) is 0 Å². The molecule has 1 aromatic rings. The Morgan fingerprint density at radius 1 is 1.32 bits per heavy atom. The first-order chi connectivity index (χ1) is 10.5. The van der Waals surface area contributed by atoms with Gasteiger partial charge in [-0.2, -0.15) is 0 Å². The summed E-state index contributed by atoms with van der Waals surface area (Å²) in [5, 5.41) is 5.90. The number of hydrogen-bond acceptors (Lipinski definition) is 3. The zero-order chi connectivity index (χ0) is 16.1. The van der Waals surface area contributed by atoms with E-state index in [4.69, 9.17) is 4.74 Å². The van der Waals surface area contributed by atoms with Gasteiger partial charge in [0.1, 0.15) is 0 Å². The average Bonchev–Trinajstić information content (AvgIpc) is 2.46. The number of para-hydroxylation sites is 2. The largest absolute Gasteiger partial charge is 0.372 e. The minimum Gasteiger partial charge on any atom is -0.372 e. The predicted molar refractivity (Wildman–Crippen MR) is 90.6 cm³/mol. The number of amides is 2. The van der Waals surface area contributed by atoms with E-state index in [-0.39, 0.29) is 24.3 Å². The molecule has 0 unspecified atom stereocenters. The molecule has 0 aliphatic carbocycles. The highest BCUT2D eigenvalue weighted by Gasteiger charge is 2.24. The minimum atomic E-state index is -0.156. The molecule has 2 amide bonds. The van der Waals surface area contributed by atoms with Crippen molar-refractivity contribution in [1.29, 1.82) is 0 Å². The molecule has 0 radical (unpaired) electrons. The van der Waals surface area contributed by atoms with Crippen LogP contribution in [0.1, 0.15) is 34.1 Å². The zero-order valence-corrected chi connectivity index (χ0v) is 13.9. The van der Waals surface area contributed by atoms with E-state index >= 15 is 0 Å². The molecule has 0 aromatic heterocycles. The summed E-state index contributed by atoms with van der Waals surface area (Å²) in [6.45, 7) is 9.86. The summed E-state index contributed by atoms with van der Waals surface area (Å²) in [7, 11) is 0. The number of benzene rings is 1. The Bertz CT molecular complexity index is 496. The van der Waals surface area contributed by atoms with Crippen molar-refractivity contribution < 1.29 is 9.53 Å². The van der Waals surface area contributed by atoms with Gasteiger partial charge in [0.25, 0.3) is 0 Å². The molecule has 122 valence electrons. The molecule has 5 nitrogen and oxygen atoms in total. The predicted octanol–water partition coefficient (Wildman–Crippen LogP) is 3.22. The van der Waals surface area contributed by atoms with Crippen molar-refractivity contribution in [2.75, 3.05) is 23.3 Å². The molecule has 1 heterocycles. The van der Waals surface area contributed by atoms with Crippen LogP contribution in [0, 0.1) is 0 Å². The van der Waals surface area contributed by atoms with Crippen LogP contribution in [0.4, 0.5) is 16.2 Å². The molecule has 2 N–H and O–H groups in total. The monoisotopic (exact) mass is 305 g/mol. The lowest BCUT2D eigenvalue weighted by Crippen LogP contribution is -2.46. The number of ether oxygens (including phenoxy) is 1. The van der Waals surface area contributed by atoms with E-state index in [2.05, 4.69) is 36.3 Å². The fraction of sp³-hybridized carbons (Fsp3) is 0.588. The number of carbonyl (C=O) groups is 1. The number of morpholine rings is 1. The van der Waals surface area contributed by atoms with Gasteiger partial charge in [-0.25, -0.2) is 4.79 Å². The van der Waals surface area contributed by atoms with Crippen molar-refractivity contribution in [3.8, 4) is 0 Å². The summed E-state index contributed by atoms with van der Waals surface area (Å²) >= 11 is 0. The van der Waals surface area contributed by atoms with E-state index in [0.29, 0.717) is 0 Å². The molecule has 1 saturated heterocycles. The molecular weight excluding hydrogens is 278 g/mol. The van der Waals surface area contributed by atoms with Crippen LogP contribution in [0.15, 0.2) is 24.3 Å². The van der Waals surface area contributed by atoms with Crippen LogP contribution in [0.5, 0.6) is 0 Å². The van der Waals surface area contributed by atoms with E-state index in [1.165, 1.54) is 0 Å². The molecule has 0 spiro atoms. The topological polar surface area (TPSA) is 53.6 Å². The average molecular weight is 305 g/mol. The Morgan fingerprint density at radius 3 is 2.59 bits per heavy atom. The summed E-state index contributed by atoms with van der Waals surface area (Å²) in [5.41, 5.74) is 1.88. The van der Waals surface area contributed by atoms with E-state index in [9.17, 15) is 4.79 Å². The van der Waals surface area contributed by atoms with Crippen molar-refractivity contribution >= 4 is 17.4 Å². The van der Waals surface area contributed by atoms with Gasteiger partial charge in [0.05, 0.1) is 23.6 Å². The van der Waals surface area contributed by atoms with Crippen LogP contribution >= 0.6 is 0 Å². The highest BCUT2D eigenvalue weighted by Crippen LogP contribution is 2.28. The molecule has 1 fully saturated rings. The third kappa shape index (κ3) is 4.37. The van der Waals surface area contributed by atoms with Crippen molar-refractivity contribution in [1.82, 2.24) is 5.32 Å². The van der Waals surface area contributed by atoms with Gasteiger partial charge in [-0.15, -0.1) is 0 Å². The quantitative estimate of drug-likeness (QED) is 0.898. The van der Waals surface area contributed by atoms with Crippen LogP contribution in [0.3, 0.4) is 0 Å². The maximum atomic E-state index is 12.1. The Kier molecular flexibility index (Phi) is 5.66. The maximum absolute atomic E-state index is 12.1. The van der Waals surface area contributed by atoms with Crippen LogP contribution in [-0.2, 0) is 4.74 Å². The first kappa shape index (κ1) is 16.6. The Morgan fingerprint density at radius 2 is 1.95 bits per heavy atom. The van der Waals surface area contributed by atoms with Gasteiger partial charge in [0.2, 0.25) is 0 Å². The lowest BCUT2D eigenvalue weighted by Gasteiger charge is -2.37. The van der Waals surface area contributed by atoms with Gasteiger partial charge in [-0.1, -0.05) is 19.1 Å². The maximum Gasteiger partial charge on any atom is 0.319 e. The van der Waals surface area contributed by atoms with E-state index in [1.54, 1.807) is 0 Å². The summed E-state index contributed by atoms with van der Waals surface area (Å²) in [6.07, 6.45) is 1.28. The molecule has 3 atom stereocenters. The van der Waals surface area contributed by atoms with Gasteiger partial charge >= 0.3 is 6.03 Å². The van der Waals surface area contributed by atoms with Gasteiger partial charge in [-0.05, 0) is 39.3 Å². The number of rotatable bonds is 4. The fourth-order valence-electron chi connectivity index (χ4n) is 2.71. The molecule has 1 aliphatic rings. The lowest BCUT2D eigenvalue weighted by atomic mass is 10.1. The zero-order valence-electron chi connectivity index (χ0n) is 13.9. The van der Waals surface area contributed by atoms with Crippen molar-refractivity contribution in [2.45, 2.75) is 52.4 Å². The first-order valence-corrected chi connectivity index (χ1v) is 8.06. The summed E-state index contributed by atoms with van der Waals surface area (Å²) in [6, 6.07) is 7.93. The SMILES string of the molecule is CC[C@H](C)NC(=O)Nc1ccccc1N1C[C@H](C)O[C@@H](C)C1. The molecule has 0 bridgehead atoms. The highest BCUT2D eigenvalue weighted by atomic mass is 16.5. The fourth-order valence-corrected chi connectivity index (χ4v) is 2.71. The van der Waals surface area contributed by atoms with Crippen LogP contribution in [0.2, 0.25) is 0 Å².